The van der Waals surface area contributed by atoms with Crippen LogP contribution in [-0.4, -0.2) is 55.2 Å². The second-order valence-electron chi connectivity index (χ2n) is 15.9. The van der Waals surface area contributed by atoms with Crippen molar-refractivity contribution >= 4 is 23.2 Å². The van der Waals surface area contributed by atoms with Crippen LogP contribution in [0.4, 0.5) is 11.4 Å². The van der Waals surface area contributed by atoms with Crippen LogP contribution < -0.4 is 25.8 Å². The lowest BCUT2D eigenvalue weighted by Crippen LogP contribution is -2.41. The summed E-state index contributed by atoms with van der Waals surface area (Å²) in [7, 11) is 3.34. The standard InChI is InChI=1S/C50H58N4O7/c1-58-46-27-38-25-26-54(31-40(38)28-47(46)59-2)32-41-29-45(36-19-17-34(33-55)18-20-36)61-50(60-41)37-23-21-35(22-24-37)42-12-8-7-11-39(42)30-52-48(56)15-5-3-4-6-16-49(57)53-44-14-10-9-13-43(44)51/h7-14,17-24,27-28,41,45,50,55H,3-6,15-16,25-26,29-33,51H2,1-2H3,(H,52,56)(H,53,57). The molecule has 5 aromatic carbocycles. The third kappa shape index (κ3) is 11.6. The molecule has 11 heteroatoms. The van der Waals surface area contributed by atoms with Crippen LogP contribution in [0.1, 0.15) is 90.7 Å². The van der Waals surface area contributed by atoms with Gasteiger partial charge in [-0.3, -0.25) is 14.5 Å². The number of carbonyl (C=O) groups excluding carboxylic acids is 2. The number of hydrogen-bond donors (Lipinski definition) is 4. The van der Waals surface area contributed by atoms with Crippen molar-refractivity contribution in [1.82, 2.24) is 10.2 Å². The summed E-state index contributed by atoms with van der Waals surface area (Å²) in [5.41, 5.74) is 15.6. The fourth-order valence-electron chi connectivity index (χ4n) is 8.22. The second-order valence-corrected chi connectivity index (χ2v) is 15.9. The molecule has 2 aliphatic heterocycles. The summed E-state index contributed by atoms with van der Waals surface area (Å²) in [5, 5.41) is 15.6. The van der Waals surface area contributed by atoms with E-state index < -0.39 is 6.29 Å². The van der Waals surface area contributed by atoms with Gasteiger partial charge < -0.3 is 40.4 Å². The molecule has 0 radical (unpaired) electrons. The molecule has 1 saturated heterocycles. The van der Waals surface area contributed by atoms with E-state index in [-0.39, 0.29) is 30.6 Å². The summed E-state index contributed by atoms with van der Waals surface area (Å²) in [6, 6.07) is 35.9. The van der Waals surface area contributed by atoms with E-state index in [1.54, 1.807) is 26.4 Å². The van der Waals surface area contributed by atoms with Crippen molar-refractivity contribution in [2.45, 2.75) is 89.6 Å². The van der Waals surface area contributed by atoms with Crippen molar-refractivity contribution in [3.8, 4) is 22.6 Å². The van der Waals surface area contributed by atoms with Gasteiger partial charge in [-0.2, -0.15) is 0 Å². The molecule has 3 atom stereocenters. The quantitative estimate of drug-likeness (QED) is 0.0504. The third-order valence-electron chi connectivity index (χ3n) is 11.7. The summed E-state index contributed by atoms with van der Waals surface area (Å²) in [4.78, 5) is 27.6. The highest BCUT2D eigenvalue weighted by Gasteiger charge is 2.34. The summed E-state index contributed by atoms with van der Waals surface area (Å²) in [6.07, 6.45) is 4.90. The molecule has 3 unspecified atom stereocenters. The van der Waals surface area contributed by atoms with Gasteiger partial charge in [0, 0.05) is 51.0 Å². The van der Waals surface area contributed by atoms with Gasteiger partial charge in [-0.25, -0.2) is 0 Å². The fourth-order valence-corrected chi connectivity index (χ4v) is 8.22. The van der Waals surface area contributed by atoms with Crippen molar-refractivity contribution in [1.29, 1.82) is 0 Å². The molecule has 2 heterocycles. The molecule has 0 saturated carbocycles. The predicted octanol–water partition coefficient (Wildman–Crippen LogP) is 8.64. The number of nitrogens with one attached hydrogen (secondary N) is 2. The maximum absolute atomic E-state index is 12.8. The molecule has 7 rings (SSSR count). The number of aliphatic hydroxyl groups excluding tert-OH is 1. The molecule has 11 nitrogen and oxygen atoms in total. The zero-order valence-electron chi connectivity index (χ0n) is 35.2. The highest BCUT2D eigenvalue weighted by atomic mass is 16.7. The Labute approximate surface area is 359 Å². The lowest BCUT2D eigenvalue weighted by Gasteiger charge is -2.39. The molecular formula is C50H58N4O7. The number of nitrogen functional groups attached to an aromatic ring is 1. The highest BCUT2D eigenvalue weighted by Crippen LogP contribution is 2.40. The molecule has 2 aliphatic rings. The molecule has 5 N–H and O–H groups in total. The van der Waals surface area contributed by atoms with E-state index in [4.69, 9.17) is 24.7 Å². The number of anilines is 2. The van der Waals surface area contributed by atoms with Gasteiger partial charge in [-0.15, -0.1) is 0 Å². The Bertz CT molecular complexity index is 2230. The summed E-state index contributed by atoms with van der Waals surface area (Å²) in [5.74, 6) is 1.45. The maximum atomic E-state index is 12.8. The van der Waals surface area contributed by atoms with E-state index in [0.717, 1.165) is 96.6 Å². The Balaban J connectivity index is 0.940. The number of rotatable bonds is 18. The van der Waals surface area contributed by atoms with Crippen molar-refractivity contribution in [2.24, 2.45) is 0 Å². The number of nitrogens with zero attached hydrogens (tertiary/aromatic N) is 1. The lowest BCUT2D eigenvalue weighted by atomic mass is 9.96. The van der Waals surface area contributed by atoms with Crippen LogP contribution in [0.5, 0.6) is 11.5 Å². The SMILES string of the molecule is COc1cc2c(cc1OC)CN(CC1CC(c3ccc(CO)cc3)OC(c3ccc(-c4ccccc4CNC(=O)CCCCCCC(=O)Nc4ccccc4N)cc3)O1)CC2. The maximum Gasteiger partial charge on any atom is 0.224 e. The van der Waals surface area contributed by atoms with E-state index >= 15 is 0 Å². The van der Waals surface area contributed by atoms with Crippen LogP contribution in [0.15, 0.2) is 109 Å². The Kier molecular flexibility index (Phi) is 15.1. The van der Waals surface area contributed by atoms with E-state index in [9.17, 15) is 14.7 Å². The molecule has 5 aromatic rings. The van der Waals surface area contributed by atoms with Crippen LogP contribution >= 0.6 is 0 Å². The molecule has 1 fully saturated rings. The number of amides is 2. The highest BCUT2D eigenvalue weighted by molar-refractivity contribution is 5.93. The van der Waals surface area contributed by atoms with Gasteiger partial charge in [-0.1, -0.05) is 97.8 Å². The first kappa shape index (κ1) is 43.4. The minimum atomic E-state index is -0.572. The number of carbonyl (C=O) groups is 2. The average Bonchev–Trinajstić information content (AvgIpc) is 3.29. The first-order valence-electron chi connectivity index (χ1n) is 21.4. The normalized spacial score (nSPS) is 17.6. The summed E-state index contributed by atoms with van der Waals surface area (Å²) >= 11 is 0. The molecule has 0 spiro atoms. The molecule has 0 aromatic heterocycles. The predicted molar refractivity (Wildman–Crippen MR) is 238 cm³/mol. The molecule has 2 amide bonds. The van der Waals surface area contributed by atoms with Crippen molar-refractivity contribution in [2.75, 3.05) is 38.4 Å². The molecule has 0 bridgehead atoms. The van der Waals surface area contributed by atoms with Gasteiger partial charge in [0.05, 0.1) is 44.4 Å². The fraction of sp³-hybridized carbons (Fsp3) is 0.360. The molecular weight excluding hydrogens is 769 g/mol. The zero-order chi connectivity index (χ0) is 42.6. The number of benzene rings is 5. The second kappa shape index (κ2) is 21.2. The van der Waals surface area contributed by atoms with Gasteiger partial charge >= 0.3 is 0 Å². The number of aliphatic hydroxyl groups is 1. The van der Waals surface area contributed by atoms with E-state index in [2.05, 4.69) is 58.0 Å². The number of methoxy groups -OCH3 is 2. The Morgan fingerprint density at radius 1 is 0.787 bits per heavy atom. The van der Waals surface area contributed by atoms with Gasteiger partial charge in [0.25, 0.3) is 0 Å². The van der Waals surface area contributed by atoms with Gasteiger partial charge in [0.1, 0.15) is 0 Å². The van der Waals surface area contributed by atoms with Gasteiger partial charge in [0.2, 0.25) is 11.8 Å². The van der Waals surface area contributed by atoms with Gasteiger partial charge in [-0.05, 0) is 82.5 Å². The van der Waals surface area contributed by atoms with Crippen LogP contribution in [0, 0.1) is 0 Å². The number of para-hydroxylation sites is 2. The Hall–Kier alpha value is -5.72. The van der Waals surface area contributed by atoms with Crippen LogP contribution in [0.25, 0.3) is 11.1 Å². The zero-order valence-corrected chi connectivity index (χ0v) is 35.2. The number of nitrogens with two attached hydrogens (primary N) is 1. The van der Waals surface area contributed by atoms with Crippen LogP contribution in [0.2, 0.25) is 0 Å². The summed E-state index contributed by atoms with van der Waals surface area (Å²) < 4.78 is 24.6. The van der Waals surface area contributed by atoms with Crippen molar-refractivity contribution in [3.05, 3.63) is 143 Å². The minimum absolute atomic E-state index is 0.00788. The van der Waals surface area contributed by atoms with E-state index in [0.29, 0.717) is 37.2 Å². The topological polar surface area (TPSA) is 145 Å². The van der Waals surface area contributed by atoms with E-state index in [1.807, 2.05) is 54.6 Å². The van der Waals surface area contributed by atoms with Crippen molar-refractivity contribution in [3.63, 3.8) is 0 Å². The minimum Gasteiger partial charge on any atom is -0.493 e. The monoisotopic (exact) mass is 826 g/mol. The number of unbranched alkanes of at least 4 members (excludes halogenated alkanes) is 3. The molecule has 320 valence electrons. The Morgan fingerprint density at radius 2 is 1.46 bits per heavy atom. The van der Waals surface area contributed by atoms with Crippen molar-refractivity contribution < 1.29 is 33.6 Å². The Morgan fingerprint density at radius 3 is 2.18 bits per heavy atom. The van der Waals surface area contributed by atoms with Crippen LogP contribution in [0.3, 0.4) is 0 Å². The lowest BCUT2D eigenvalue weighted by molar-refractivity contribution is -0.253. The molecule has 0 aliphatic carbocycles. The largest absolute Gasteiger partial charge is 0.493 e. The van der Waals surface area contributed by atoms with Gasteiger partial charge in [0.15, 0.2) is 17.8 Å². The molecule has 61 heavy (non-hydrogen) atoms. The van der Waals surface area contributed by atoms with Crippen LogP contribution in [-0.2, 0) is 45.2 Å². The number of fused-ring (bicyclic) bond motifs is 1. The van der Waals surface area contributed by atoms with E-state index in [1.165, 1.54) is 11.1 Å². The first-order chi connectivity index (χ1) is 29.8. The smallest absolute Gasteiger partial charge is 0.224 e. The number of hydrogen-bond acceptors (Lipinski definition) is 9. The number of ether oxygens (including phenoxy) is 4. The summed E-state index contributed by atoms with van der Waals surface area (Å²) in [6.45, 7) is 2.87. The first-order valence-corrected chi connectivity index (χ1v) is 21.4. The third-order valence-corrected chi connectivity index (χ3v) is 11.7. The average molecular weight is 827 g/mol.